The summed E-state index contributed by atoms with van der Waals surface area (Å²) in [6.07, 6.45) is 0.490. The average molecular weight is 316 g/mol. The molecule has 2 nitrogen and oxygen atoms in total. The number of benzene rings is 3. The van der Waals surface area contributed by atoms with Crippen LogP contribution in [-0.4, -0.2) is 12.4 Å². The van der Waals surface area contributed by atoms with E-state index in [0.717, 1.165) is 28.0 Å². The molecule has 0 bridgehead atoms. The first-order chi connectivity index (χ1) is 11.8. The van der Waals surface area contributed by atoms with Gasteiger partial charge < -0.3 is 4.74 Å². The summed E-state index contributed by atoms with van der Waals surface area (Å²) in [5.41, 5.74) is 4.41. The molecule has 0 aliphatic carbocycles. The van der Waals surface area contributed by atoms with Crippen LogP contribution in [0.2, 0.25) is 0 Å². The van der Waals surface area contributed by atoms with Crippen LogP contribution in [0.3, 0.4) is 0 Å². The van der Waals surface area contributed by atoms with E-state index in [0.29, 0.717) is 6.42 Å². The molecule has 0 heterocycles. The highest BCUT2D eigenvalue weighted by molar-refractivity contribution is 5.80. The van der Waals surface area contributed by atoms with Gasteiger partial charge in [0.05, 0.1) is 0 Å². The number of ether oxygens (including phenoxy) is 1. The van der Waals surface area contributed by atoms with E-state index in [1.165, 1.54) is 0 Å². The Morgan fingerprint density at radius 2 is 1.25 bits per heavy atom. The fourth-order valence-electron chi connectivity index (χ4n) is 2.54. The summed E-state index contributed by atoms with van der Waals surface area (Å²) in [5.74, 6) is 0.818. The summed E-state index contributed by atoms with van der Waals surface area (Å²) in [4.78, 5) is 11.6. The lowest BCUT2D eigenvalue weighted by atomic mass is 9.98. The van der Waals surface area contributed by atoms with Crippen LogP contribution in [0.4, 0.5) is 0 Å². The van der Waals surface area contributed by atoms with E-state index < -0.39 is 0 Å². The summed E-state index contributed by atoms with van der Waals surface area (Å²) < 4.78 is 5.73. The molecule has 0 aliphatic heterocycles. The predicted molar refractivity (Wildman–Crippen MR) is 98.1 cm³/mol. The van der Waals surface area contributed by atoms with Crippen molar-refractivity contribution >= 4 is 5.78 Å². The van der Waals surface area contributed by atoms with Gasteiger partial charge in [-0.25, -0.2) is 0 Å². The molecule has 3 aromatic rings. The van der Waals surface area contributed by atoms with E-state index in [1.54, 1.807) is 0 Å². The Hall–Kier alpha value is -2.87. The van der Waals surface area contributed by atoms with Crippen LogP contribution in [-0.2, 0) is 4.79 Å². The number of Topliss-reactive ketones (excluding diaryl/α,β-unsaturated/α-hetero) is 1. The smallest absolute Gasteiger partial charge is 0.169 e. The lowest BCUT2D eigenvalue weighted by Crippen LogP contribution is -2.09. The zero-order valence-electron chi connectivity index (χ0n) is 13.7. The first-order valence-electron chi connectivity index (χ1n) is 8.16. The molecule has 2 heteroatoms. The zero-order chi connectivity index (χ0) is 16.8. The predicted octanol–water partition coefficient (Wildman–Crippen LogP) is 5.38. The maximum atomic E-state index is 11.6. The van der Waals surface area contributed by atoms with E-state index >= 15 is 0 Å². The Bertz CT molecular complexity index is 750. The third kappa shape index (κ3) is 3.90. The molecular formula is C22H20O2. The summed E-state index contributed by atoms with van der Waals surface area (Å²) in [7, 11) is 0. The Balaban J connectivity index is 2.01. The largest absolute Gasteiger partial charge is 0.486 e. The van der Waals surface area contributed by atoms with Crippen molar-refractivity contribution in [2.45, 2.75) is 13.3 Å². The van der Waals surface area contributed by atoms with Gasteiger partial charge in [-0.05, 0) is 40.5 Å². The van der Waals surface area contributed by atoms with Gasteiger partial charge in [0.25, 0.3) is 0 Å². The second-order valence-electron chi connectivity index (χ2n) is 5.66. The van der Waals surface area contributed by atoms with Crippen LogP contribution in [0.5, 0.6) is 5.75 Å². The zero-order valence-corrected chi connectivity index (χ0v) is 13.7. The van der Waals surface area contributed by atoms with Gasteiger partial charge in [0.1, 0.15) is 12.4 Å². The number of hydrogen-bond donors (Lipinski definition) is 0. The molecule has 0 amide bonds. The van der Waals surface area contributed by atoms with Gasteiger partial charge >= 0.3 is 0 Å². The van der Waals surface area contributed by atoms with E-state index in [1.807, 2.05) is 55.5 Å². The SMILES string of the molecule is CCC(=O)COc1cc(-c2ccccc2)cc(-c2ccccc2)c1. The van der Waals surface area contributed by atoms with Crippen LogP contribution >= 0.6 is 0 Å². The molecule has 3 rings (SSSR count). The van der Waals surface area contributed by atoms with Gasteiger partial charge in [0.15, 0.2) is 5.78 Å². The van der Waals surface area contributed by atoms with Gasteiger partial charge in [-0.1, -0.05) is 67.6 Å². The van der Waals surface area contributed by atoms with Gasteiger partial charge in [0, 0.05) is 6.42 Å². The van der Waals surface area contributed by atoms with Gasteiger partial charge in [-0.15, -0.1) is 0 Å². The van der Waals surface area contributed by atoms with E-state index in [9.17, 15) is 4.79 Å². The van der Waals surface area contributed by atoms with E-state index in [4.69, 9.17) is 4.74 Å². The lowest BCUT2D eigenvalue weighted by Gasteiger charge is -2.11. The van der Waals surface area contributed by atoms with Crippen molar-refractivity contribution in [2.75, 3.05) is 6.61 Å². The Morgan fingerprint density at radius 1 is 0.750 bits per heavy atom. The minimum atomic E-state index is 0.0985. The second-order valence-corrected chi connectivity index (χ2v) is 5.66. The molecule has 0 saturated carbocycles. The average Bonchev–Trinajstić information content (AvgIpc) is 2.67. The standard InChI is InChI=1S/C22H20O2/c1-2-21(23)16-24-22-14-19(17-9-5-3-6-10-17)13-20(15-22)18-11-7-4-8-12-18/h3-15H,2,16H2,1H3. The number of rotatable bonds is 6. The summed E-state index contributed by atoms with van der Waals surface area (Å²) in [6.45, 7) is 1.96. The molecule has 0 radical (unpaired) electrons. The molecule has 0 aromatic heterocycles. The lowest BCUT2D eigenvalue weighted by molar-refractivity contribution is -0.120. The maximum Gasteiger partial charge on any atom is 0.169 e. The molecule has 24 heavy (non-hydrogen) atoms. The summed E-state index contributed by atoms with van der Waals surface area (Å²) in [6, 6.07) is 26.5. The van der Waals surface area contributed by atoms with E-state index in [2.05, 4.69) is 30.3 Å². The highest BCUT2D eigenvalue weighted by Crippen LogP contribution is 2.31. The minimum Gasteiger partial charge on any atom is -0.486 e. The van der Waals surface area contributed by atoms with Crippen LogP contribution < -0.4 is 4.74 Å². The first kappa shape index (κ1) is 16.0. The van der Waals surface area contributed by atoms with Crippen molar-refractivity contribution in [2.24, 2.45) is 0 Å². The molecule has 0 saturated heterocycles. The van der Waals surface area contributed by atoms with Crippen molar-refractivity contribution in [3.63, 3.8) is 0 Å². The topological polar surface area (TPSA) is 26.3 Å². The van der Waals surface area contributed by atoms with Crippen LogP contribution in [0.25, 0.3) is 22.3 Å². The number of carbonyl (C=O) groups is 1. The van der Waals surface area contributed by atoms with Crippen molar-refractivity contribution in [1.82, 2.24) is 0 Å². The monoisotopic (exact) mass is 316 g/mol. The van der Waals surface area contributed by atoms with Crippen LogP contribution in [0.15, 0.2) is 78.9 Å². The normalized spacial score (nSPS) is 10.4. The highest BCUT2D eigenvalue weighted by Gasteiger charge is 2.07. The Labute approximate surface area is 142 Å². The number of carbonyl (C=O) groups excluding carboxylic acids is 1. The van der Waals surface area contributed by atoms with Crippen molar-refractivity contribution < 1.29 is 9.53 Å². The molecule has 0 N–H and O–H groups in total. The first-order valence-corrected chi connectivity index (χ1v) is 8.16. The van der Waals surface area contributed by atoms with Gasteiger partial charge in [0.2, 0.25) is 0 Å². The second kappa shape index (κ2) is 7.60. The van der Waals surface area contributed by atoms with Crippen LogP contribution in [0.1, 0.15) is 13.3 Å². The molecular weight excluding hydrogens is 296 g/mol. The molecule has 120 valence electrons. The molecule has 0 unspecified atom stereocenters. The molecule has 0 fully saturated rings. The number of ketones is 1. The molecule has 0 atom stereocenters. The molecule has 0 aliphatic rings. The maximum absolute atomic E-state index is 11.6. The third-order valence-electron chi connectivity index (χ3n) is 3.91. The molecule has 0 spiro atoms. The summed E-state index contributed by atoms with van der Waals surface area (Å²) >= 11 is 0. The quantitative estimate of drug-likeness (QED) is 0.610. The summed E-state index contributed by atoms with van der Waals surface area (Å²) in [5, 5.41) is 0. The van der Waals surface area contributed by atoms with Gasteiger partial charge in [-0.3, -0.25) is 4.79 Å². The van der Waals surface area contributed by atoms with Gasteiger partial charge in [-0.2, -0.15) is 0 Å². The third-order valence-corrected chi connectivity index (χ3v) is 3.91. The Morgan fingerprint density at radius 3 is 1.71 bits per heavy atom. The fraction of sp³-hybridized carbons (Fsp3) is 0.136. The van der Waals surface area contributed by atoms with E-state index in [-0.39, 0.29) is 12.4 Å². The Kier molecular flexibility index (Phi) is 5.07. The molecule has 3 aromatic carbocycles. The van der Waals surface area contributed by atoms with Crippen LogP contribution in [0, 0.1) is 0 Å². The van der Waals surface area contributed by atoms with Crippen molar-refractivity contribution in [3.05, 3.63) is 78.9 Å². The number of hydrogen-bond acceptors (Lipinski definition) is 2. The minimum absolute atomic E-state index is 0.0985. The highest BCUT2D eigenvalue weighted by atomic mass is 16.5. The fourth-order valence-corrected chi connectivity index (χ4v) is 2.54. The van der Waals surface area contributed by atoms with Crippen molar-refractivity contribution in [1.29, 1.82) is 0 Å². The van der Waals surface area contributed by atoms with Crippen molar-refractivity contribution in [3.8, 4) is 28.0 Å².